The summed E-state index contributed by atoms with van der Waals surface area (Å²) in [5.74, 6) is 0.0894. The maximum Gasteiger partial charge on any atom is 0.269 e. The third-order valence-corrected chi connectivity index (χ3v) is 7.38. The Balaban J connectivity index is 1.39. The Morgan fingerprint density at radius 2 is 1.79 bits per heavy atom. The van der Waals surface area contributed by atoms with Crippen molar-refractivity contribution in [3.05, 3.63) is 65.2 Å². The van der Waals surface area contributed by atoms with E-state index >= 15 is 0 Å². The monoisotopic (exact) mass is 406 g/mol. The number of hydrazone groups is 1. The first-order valence-electron chi connectivity index (χ1n) is 10.4. The molecule has 3 aliphatic rings. The van der Waals surface area contributed by atoms with E-state index in [1.54, 1.807) is 0 Å². The van der Waals surface area contributed by atoms with Crippen LogP contribution in [0.3, 0.4) is 0 Å². The lowest BCUT2D eigenvalue weighted by molar-refractivity contribution is -0.121. The highest BCUT2D eigenvalue weighted by atomic mass is 32.2. The molecule has 1 fully saturated rings. The zero-order valence-corrected chi connectivity index (χ0v) is 17.5. The third-order valence-electron chi connectivity index (χ3n) is 6.07. The van der Waals surface area contributed by atoms with Gasteiger partial charge in [-0.1, -0.05) is 66.2 Å². The molecule has 1 atom stereocenters. The van der Waals surface area contributed by atoms with Crippen LogP contribution < -0.4 is 10.3 Å². The highest BCUT2D eigenvalue weighted by molar-refractivity contribution is 8.16. The largest absolute Gasteiger partial charge is 0.308 e. The molecule has 3 heterocycles. The van der Waals surface area contributed by atoms with Crippen molar-refractivity contribution >= 4 is 28.4 Å². The molecule has 0 aromatic heterocycles. The summed E-state index contributed by atoms with van der Waals surface area (Å²) in [5.41, 5.74) is 7.50. The van der Waals surface area contributed by atoms with Crippen molar-refractivity contribution in [2.24, 2.45) is 5.10 Å². The van der Waals surface area contributed by atoms with Crippen LogP contribution in [-0.4, -0.2) is 42.0 Å². The molecule has 1 amide bonds. The Hall–Kier alpha value is -2.31. The summed E-state index contributed by atoms with van der Waals surface area (Å²) in [5, 5.41) is 5.44. The van der Waals surface area contributed by atoms with Crippen LogP contribution in [0.2, 0.25) is 0 Å². The lowest BCUT2D eigenvalue weighted by atomic mass is 10.1. The lowest BCUT2D eigenvalue weighted by Gasteiger charge is -2.29. The molecule has 0 bridgehead atoms. The minimum atomic E-state index is -0.849. The van der Waals surface area contributed by atoms with Crippen molar-refractivity contribution in [2.75, 3.05) is 31.1 Å². The molecule has 5 nitrogen and oxygen atoms in total. The summed E-state index contributed by atoms with van der Waals surface area (Å²) in [6.07, 6.45) is 3.85. The number of thioether (sulfide) groups is 1. The summed E-state index contributed by atoms with van der Waals surface area (Å²) in [7, 11) is 0. The first kappa shape index (κ1) is 18.7. The zero-order chi connectivity index (χ0) is 19.8. The smallest absolute Gasteiger partial charge is 0.269 e. The standard InChI is InChI=1S/C23H26N4OS/c1-17-9-11-18(12-10-17)21-24-25-23(29-21)19-7-3-4-8-20(19)27(22(23)28)16-15-26-13-5-2-6-14-26/h3-4,7-12,25H,2,5-6,13-16H2,1H3/t23-/m1/s1. The second kappa shape index (κ2) is 7.50. The fourth-order valence-corrected chi connectivity index (χ4v) is 5.62. The van der Waals surface area contributed by atoms with Gasteiger partial charge in [-0.2, -0.15) is 5.10 Å². The highest BCUT2D eigenvalue weighted by Crippen LogP contribution is 2.50. The van der Waals surface area contributed by atoms with Crippen LogP contribution in [0.1, 0.15) is 36.0 Å². The molecule has 0 unspecified atom stereocenters. The number of aryl methyl sites for hydroxylation is 1. The number of fused-ring (bicyclic) bond motifs is 2. The highest BCUT2D eigenvalue weighted by Gasteiger charge is 2.55. The molecular formula is C23H26N4OS. The molecule has 2 aromatic rings. The van der Waals surface area contributed by atoms with E-state index in [0.29, 0.717) is 0 Å². The molecule has 29 heavy (non-hydrogen) atoms. The van der Waals surface area contributed by atoms with Gasteiger partial charge < -0.3 is 9.80 Å². The Bertz CT molecular complexity index is 952. The van der Waals surface area contributed by atoms with Crippen LogP contribution in [0.4, 0.5) is 5.69 Å². The Kier molecular flexibility index (Phi) is 4.84. The number of rotatable bonds is 4. The van der Waals surface area contributed by atoms with Crippen LogP contribution in [0.25, 0.3) is 0 Å². The molecule has 1 spiro atoms. The number of hydrogen-bond acceptors (Lipinski definition) is 5. The van der Waals surface area contributed by atoms with E-state index < -0.39 is 4.87 Å². The number of nitrogens with one attached hydrogen (secondary N) is 1. The molecule has 1 N–H and O–H groups in total. The second-order valence-electron chi connectivity index (χ2n) is 8.05. The van der Waals surface area contributed by atoms with Gasteiger partial charge in [0.15, 0.2) is 0 Å². The SMILES string of the molecule is Cc1ccc(C2=NN[C@]3(S2)C(=O)N(CCN2CCCCC2)c2ccccc23)cc1. The van der Waals surface area contributed by atoms with Crippen LogP contribution in [0.15, 0.2) is 53.6 Å². The Morgan fingerprint density at radius 3 is 2.59 bits per heavy atom. The Labute approximate surface area is 176 Å². The third kappa shape index (κ3) is 3.24. The predicted octanol–water partition coefficient (Wildman–Crippen LogP) is 3.68. The van der Waals surface area contributed by atoms with Crippen LogP contribution in [0.5, 0.6) is 0 Å². The lowest BCUT2D eigenvalue weighted by Crippen LogP contribution is -2.46. The average molecular weight is 407 g/mol. The molecule has 5 rings (SSSR count). The normalized spacial score (nSPS) is 24.0. The average Bonchev–Trinajstić information content (AvgIpc) is 3.30. The van der Waals surface area contributed by atoms with Gasteiger partial charge in [0.25, 0.3) is 5.91 Å². The van der Waals surface area contributed by atoms with Gasteiger partial charge in [0.05, 0.1) is 5.69 Å². The number of likely N-dealkylation sites (tertiary alicyclic amines) is 1. The maximum absolute atomic E-state index is 13.6. The summed E-state index contributed by atoms with van der Waals surface area (Å²) in [6.45, 7) is 6.00. The molecule has 0 aliphatic carbocycles. The van der Waals surface area contributed by atoms with Gasteiger partial charge >= 0.3 is 0 Å². The van der Waals surface area contributed by atoms with E-state index in [1.807, 2.05) is 17.0 Å². The zero-order valence-electron chi connectivity index (χ0n) is 16.7. The van der Waals surface area contributed by atoms with Crippen molar-refractivity contribution in [3.63, 3.8) is 0 Å². The first-order chi connectivity index (χ1) is 14.2. The number of hydrogen-bond donors (Lipinski definition) is 1. The van der Waals surface area contributed by atoms with Crippen molar-refractivity contribution in [1.29, 1.82) is 0 Å². The van der Waals surface area contributed by atoms with Crippen LogP contribution in [-0.2, 0) is 9.67 Å². The van der Waals surface area contributed by atoms with Gasteiger partial charge in [0.1, 0.15) is 5.04 Å². The number of piperidine rings is 1. The number of para-hydroxylation sites is 1. The van der Waals surface area contributed by atoms with E-state index in [2.05, 4.69) is 58.7 Å². The molecule has 6 heteroatoms. The quantitative estimate of drug-likeness (QED) is 0.842. The molecule has 150 valence electrons. The summed E-state index contributed by atoms with van der Waals surface area (Å²) in [4.78, 5) is 17.2. The van der Waals surface area contributed by atoms with E-state index in [9.17, 15) is 4.79 Å². The summed E-state index contributed by atoms with van der Waals surface area (Å²) in [6, 6.07) is 16.4. The predicted molar refractivity (Wildman–Crippen MR) is 119 cm³/mol. The van der Waals surface area contributed by atoms with Gasteiger partial charge in [0.2, 0.25) is 4.87 Å². The van der Waals surface area contributed by atoms with Crippen molar-refractivity contribution < 1.29 is 4.79 Å². The number of amides is 1. The minimum absolute atomic E-state index is 0.0894. The molecule has 0 saturated carbocycles. The number of nitrogens with zero attached hydrogens (tertiary/aromatic N) is 3. The summed E-state index contributed by atoms with van der Waals surface area (Å²) >= 11 is 1.53. The van der Waals surface area contributed by atoms with Gasteiger partial charge in [-0.3, -0.25) is 10.2 Å². The molecular weight excluding hydrogens is 380 g/mol. The van der Waals surface area contributed by atoms with Crippen molar-refractivity contribution in [2.45, 2.75) is 31.1 Å². The van der Waals surface area contributed by atoms with Crippen molar-refractivity contribution in [1.82, 2.24) is 10.3 Å². The van der Waals surface area contributed by atoms with Crippen molar-refractivity contribution in [3.8, 4) is 0 Å². The Morgan fingerprint density at radius 1 is 1.03 bits per heavy atom. The van der Waals surface area contributed by atoms with Gasteiger partial charge in [-0.15, -0.1) is 0 Å². The fourth-order valence-electron chi connectivity index (χ4n) is 4.41. The molecule has 2 aromatic carbocycles. The fraction of sp³-hybridized carbons (Fsp3) is 0.391. The number of benzene rings is 2. The van der Waals surface area contributed by atoms with Crippen LogP contribution >= 0.6 is 11.8 Å². The summed E-state index contributed by atoms with van der Waals surface area (Å²) < 4.78 is 0. The van der Waals surface area contributed by atoms with Gasteiger partial charge in [0, 0.05) is 24.2 Å². The molecule has 0 radical (unpaired) electrons. The van der Waals surface area contributed by atoms with Crippen LogP contribution in [0, 0.1) is 6.92 Å². The van der Waals surface area contributed by atoms with E-state index in [4.69, 9.17) is 0 Å². The molecule has 3 aliphatic heterocycles. The van der Waals surface area contributed by atoms with E-state index in [-0.39, 0.29) is 5.91 Å². The maximum atomic E-state index is 13.6. The topological polar surface area (TPSA) is 47.9 Å². The van der Waals surface area contributed by atoms with E-state index in [0.717, 1.165) is 48.0 Å². The van der Waals surface area contributed by atoms with Gasteiger partial charge in [-0.25, -0.2) is 0 Å². The first-order valence-corrected chi connectivity index (χ1v) is 11.2. The van der Waals surface area contributed by atoms with Gasteiger partial charge in [-0.05, 0) is 38.9 Å². The second-order valence-corrected chi connectivity index (χ2v) is 9.26. The molecule has 1 saturated heterocycles. The minimum Gasteiger partial charge on any atom is -0.308 e. The number of carbonyl (C=O) groups is 1. The number of carbonyl (C=O) groups excluding carboxylic acids is 1. The number of anilines is 1. The van der Waals surface area contributed by atoms with E-state index in [1.165, 1.54) is 36.6 Å².